The van der Waals surface area contributed by atoms with Crippen molar-refractivity contribution in [2.24, 2.45) is 0 Å². The van der Waals surface area contributed by atoms with Crippen LogP contribution in [0.15, 0.2) is 42.5 Å². The average molecular weight is 388 g/mol. The van der Waals surface area contributed by atoms with Crippen molar-refractivity contribution >= 4 is 57.3 Å². The summed E-state index contributed by atoms with van der Waals surface area (Å²) >= 11 is 7.96. The molecular formula is C13H11ClIN3O. The third-order valence-corrected chi connectivity index (χ3v) is 3.45. The summed E-state index contributed by atoms with van der Waals surface area (Å²) < 4.78 is 0.868. The van der Waals surface area contributed by atoms with E-state index >= 15 is 0 Å². The normalized spacial score (nSPS) is 10.0. The minimum atomic E-state index is -0.328. The predicted octanol–water partition coefficient (Wildman–Crippen LogP) is 4.17. The molecule has 0 saturated carbocycles. The zero-order chi connectivity index (χ0) is 13.8. The number of amides is 2. The Morgan fingerprint density at radius 1 is 1.16 bits per heavy atom. The molecule has 0 radical (unpaired) electrons. The number of rotatable bonds is 2. The molecule has 0 aliphatic carbocycles. The Hall–Kier alpha value is -1.47. The van der Waals surface area contributed by atoms with E-state index in [1.165, 1.54) is 0 Å². The quantitative estimate of drug-likeness (QED) is 0.535. The van der Waals surface area contributed by atoms with E-state index in [2.05, 4.69) is 33.2 Å². The van der Waals surface area contributed by atoms with Gasteiger partial charge in [-0.3, -0.25) is 0 Å². The summed E-state index contributed by atoms with van der Waals surface area (Å²) in [5.74, 6) is 0. The van der Waals surface area contributed by atoms with Crippen molar-refractivity contribution < 1.29 is 4.79 Å². The van der Waals surface area contributed by atoms with Crippen LogP contribution in [0, 0.1) is 3.57 Å². The van der Waals surface area contributed by atoms with Crippen molar-refractivity contribution in [3.8, 4) is 0 Å². The van der Waals surface area contributed by atoms with Gasteiger partial charge in [0.25, 0.3) is 0 Å². The Labute approximate surface area is 129 Å². The van der Waals surface area contributed by atoms with Gasteiger partial charge >= 0.3 is 6.03 Å². The Kier molecular flexibility index (Phi) is 4.49. The lowest BCUT2D eigenvalue weighted by molar-refractivity contribution is 0.262. The van der Waals surface area contributed by atoms with Gasteiger partial charge in [0.05, 0.1) is 5.69 Å². The summed E-state index contributed by atoms with van der Waals surface area (Å²) in [5.41, 5.74) is 7.58. The van der Waals surface area contributed by atoms with Gasteiger partial charge < -0.3 is 16.4 Å². The predicted molar refractivity (Wildman–Crippen MR) is 87.7 cm³/mol. The lowest BCUT2D eigenvalue weighted by Crippen LogP contribution is -2.20. The lowest BCUT2D eigenvalue weighted by Gasteiger charge is -2.09. The fraction of sp³-hybridized carbons (Fsp3) is 0. The Balaban J connectivity index is 2.05. The molecule has 0 saturated heterocycles. The first-order valence-electron chi connectivity index (χ1n) is 5.43. The van der Waals surface area contributed by atoms with E-state index in [9.17, 15) is 4.79 Å². The maximum atomic E-state index is 11.8. The van der Waals surface area contributed by atoms with Crippen LogP contribution in [0.5, 0.6) is 0 Å². The largest absolute Gasteiger partial charge is 0.399 e. The summed E-state index contributed by atoms with van der Waals surface area (Å²) in [6, 6.07) is 11.9. The summed E-state index contributed by atoms with van der Waals surface area (Å²) in [6.45, 7) is 0. The topological polar surface area (TPSA) is 67.1 Å². The van der Waals surface area contributed by atoms with E-state index in [4.69, 9.17) is 17.3 Å². The highest BCUT2D eigenvalue weighted by atomic mass is 127. The van der Waals surface area contributed by atoms with Gasteiger partial charge in [-0.15, -0.1) is 0 Å². The molecule has 0 atom stereocenters. The molecule has 4 nitrogen and oxygen atoms in total. The van der Waals surface area contributed by atoms with E-state index < -0.39 is 0 Å². The molecule has 2 aromatic rings. The molecule has 0 fully saturated rings. The van der Waals surface area contributed by atoms with Gasteiger partial charge in [-0.1, -0.05) is 17.7 Å². The van der Waals surface area contributed by atoms with Crippen LogP contribution in [0.2, 0.25) is 5.02 Å². The number of halogens is 2. The van der Waals surface area contributed by atoms with Gasteiger partial charge in [-0.05, 0) is 59.0 Å². The van der Waals surface area contributed by atoms with Crippen LogP contribution >= 0.6 is 34.2 Å². The highest BCUT2D eigenvalue weighted by Gasteiger charge is 2.06. The molecule has 4 N–H and O–H groups in total. The molecule has 2 amide bonds. The Morgan fingerprint density at radius 3 is 2.63 bits per heavy atom. The van der Waals surface area contributed by atoms with Crippen molar-refractivity contribution in [1.29, 1.82) is 0 Å². The van der Waals surface area contributed by atoms with Crippen LogP contribution in [0.1, 0.15) is 0 Å². The number of hydrogen-bond donors (Lipinski definition) is 3. The molecule has 2 rings (SSSR count). The van der Waals surface area contributed by atoms with E-state index in [1.54, 1.807) is 42.5 Å². The van der Waals surface area contributed by atoms with Crippen molar-refractivity contribution in [1.82, 2.24) is 0 Å². The molecule has 0 heterocycles. The van der Waals surface area contributed by atoms with E-state index in [1.807, 2.05) is 0 Å². The maximum Gasteiger partial charge on any atom is 0.323 e. The second-order valence-electron chi connectivity index (χ2n) is 3.83. The summed E-state index contributed by atoms with van der Waals surface area (Å²) in [7, 11) is 0. The Bertz CT molecular complexity index is 619. The molecule has 0 aliphatic heterocycles. The van der Waals surface area contributed by atoms with Crippen molar-refractivity contribution in [3.63, 3.8) is 0 Å². The molecule has 0 unspecified atom stereocenters. The zero-order valence-electron chi connectivity index (χ0n) is 9.78. The lowest BCUT2D eigenvalue weighted by atomic mass is 10.3. The summed E-state index contributed by atoms with van der Waals surface area (Å²) in [4.78, 5) is 11.8. The van der Waals surface area contributed by atoms with Crippen LogP contribution in [0.25, 0.3) is 0 Å². The monoisotopic (exact) mass is 387 g/mol. The number of nitrogen functional groups attached to an aromatic ring is 1. The zero-order valence-corrected chi connectivity index (χ0v) is 12.7. The maximum absolute atomic E-state index is 11.8. The second kappa shape index (κ2) is 6.12. The van der Waals surface area contributed by atoms with E-state index in [-0.39, 0.29) is 6.03 Å². The average Bonchev–Trinajstić information content (AvgIpc) is 2.33. The fourth-order valence-corrected chi connectivity index (χ4v) is 2.50. The van der Waals surface area contributed by atoms with Crippen LogP contribution < -0.4 is 16.4 Å². The van der Waals surface area contributed by atoms with Gasteiger partial charge in [0.1, 0.15) is 0 Å². The van der Waals surface area contributed by atoms with E-state index in [0.29, 0.717) is 22.1 Å². The third kappa shape index (κ3) is 4.00. The van der Waals surface area contributed by atoms with Crippen molar-refractivity contribution in [2.75, 3.05) is 16.4 Å². The number of urea groups is 1. The summed E-state index contributed by atoms with van der Waals surface area (Å²) in [6.07, 6.45) is 0. The van der Waals surface area contributed by atoms with Gasteiger partial charge in [0.15, 0.2) is 0 Å². The highest BCUT2D eigenvalue weighted by Crippen LogP contribution is 2.22. The molecule has 2 aromatic carbocycles. The van der Waals surface area contributed by atoms with Crippen molar-refractivity contribution in [2.45, 2.75) is 0 Å². The van der Waals surface area contributed by atoms with Gasteiger partial charge in [0, 0.05) is 20.0 Å². The minimum absolute atomic E-state index is 0.328. The SMILES string of the molecule is Nc1cccc(NC(=O)Nc2ccc(Cl)cc2I)c1. The molecule has 98 valence electrons. The smallest absolute Gasteiger partial charge is 0.323 e. The second-order valence-corrected chi connectivity index (χ2v) is 5.43. The number of anilines is 3. The molecular weight excluding hydrogens is 377 g/mol. The minimum Gasteiger partial charge on any atom is -0.399 e. The molecule has 0 spiro atoms. The number of benzene rings is 2. The molecule has 0 aliphatic rings. The fourth-order valence-electron chi connectivity index (χ4n) is 1.49. The Morgan fingerprint density at radius 2 is 1.95 bits per heavy atom. The number of carbonyl (C=O) groups is 1. The number of nitrogens with one attached hydrogen (secondary N) is 2. The van der Waals surface area contributed by atoms with Crippen LogP contribution in [-0.2, 0) is 0 Å². The highest BCUT2D eigenvalue weighted by molar-refractivity contribution is 14.1. The van der Waals surface area contributed by atoms with Crippen molar-refractivity contribution in [3.05, 3.63) is 51.1 Å². The third-order valence-electron chi connectivity index (χ3n) is 2.32. The van der Waals surface area contributed by atoms with Gasteiger partial charge in [-0.2, -0.15) is 0 Å². The van der Waals surface area contributed by atoms with Crippen LogP contribution in [0.3, 0.4) is 0 Å². The summed E-state index contributed by atoms with van der Waals surface area (Å²) in [5, 5.41) is 6.09. The molecule has 0 bridgehead atoms. The first kappa shape index (κ1) is 14.0. The number of nitrogens with two attached hydrogens (primary N) is 1. The first-order valence-corrected chi connectivity index (χ1v) is 6.89. The molecule has 19 heavy (non-hydrogen) atoms. The van der Waals surface area contributed by atoms with Gasteiger partial charge in [0.2, 0.25) is 0 Å². The van der Waals surface area contributed by atoms with Crippen LogP contribution in [0.4, 0.5) is 21.9 Å². The number of carbonyl (C=O) groups excluding carboxylic acids is 1. The standard InChI is InChI=1S/C13H11ClIN3O/c14-8-4-5-12(11(15)6-8)18-13(19)17-10-3-1-2-9(16)7-10/h1-7H,16H2,(H2,17,18,19). The van der Waals surface area contributed by atoms with Gasteiger partial charge in [-0.25, -0.2) is 4.79 Å². The first-order chi connectivity index (χ1) is 9.04. The molecule has 6 heteroatoms. The van der Waals surface area contributed by atoms with Crippen LogP contribution in [-0.4, -0.2) is 6.03 Å². The molecule has 0 aromatic heterocycles. The number of hydrogen-bond acceptors (Lipinski definition) is 2. The van der Waals surface area contributed by atoms with E-state index in [0.717, 1.165) is 3.57 Å².